The molecule has 0 aromatic carbocycles. The molecule has 1 heterocycles. The summed E-state index contributed by atoms with van der Waals surface area (Å²) in [6.07, 6.45) is 4.18. The van der Waals surface area contributed by atoms with Gasteiger partial charge in [0.15, 0.2) is 5.96 Å². The fourth-order valence-electron chi connectivity index (χ4n) is 2.20. The molecule has 0 saturated carbocycles. The first kappa shape index (κ1) is 22.1. The molecule has 0 spiro atoms. The highest BCUT2D eigenvalue weighted by atomic mass is 127. The summed E-state index contributed by atoms with van der Waals surface area (Å²) in [5, 5.41) is 6.67. The molecule has 0 unspecified atom stereocenters. The Morgan fingerprint density at radius 2 is 1.91 bits per heavy atom. The largest absolute Gasteiger partial charge is 0.357 e. The van der Waals surface area contributed by atoms with E-state index in [1.807, 2.05) is 18.2 Å². The minimum Gasteiger partial charge on any atom is -0.357 e. The highest BCUT2D eigenvalue weighted by molar-refractivity contribution is 14.0. The molecule has 1 aromatic heterocycles. The van der Waals surface area contributed by atoms with Crippen molar-refractivity contribution in [3.63, 3.8) is 0 Å². The summed E-state index contributed by atoms with van der Waals surface area (Å²) in [7, 11) is 0. The number of nitrogens with one attached hydrogen (secondary N) is 2. The van der Waals surface area contributed by atoms with Gasteiger partial charge in [0.1, 0.15) is 0 Å². The van der Waals surface area contributed by atoms with Crippen molar-refractivity contribution >= 4 is 29.9 Å². The van der Waals surface area contributed by atoms with E-state index in [4.69, 9.17) is 0 Å². The van der Waals surface area contributed by atoms with Crippen LogP contribution in [0.5, 0.6) is 0 Å². The summed E-state index contributed by atoms with van der Waals surface area (Å²) in [5.74, 6) is 0.871. The molecule has 0 atom stereocenters. The first-order chi connectivity index (χ1) is 10.8. The minimum absolute atomic E-state index is 0. The summed E-state index contributed by atoms with van der Waals surface area (Å²) in [4.78, 5) is 11.3. The quantitative estimate of drug-likeness (QED) is 0.258. The molecule has 0 aliphatic heterocycles. The van der Waals surface area contributed by atoms with Gasteiger partial charge >= 0.3 is 0 Å². The first-order valence-electron chi connectivity index (χ1n) is 8.44. The van der Waals surface area contributed by atoms with Crippen molar-refractivity contribution in [3.05, 3.63) is 30.1 Å². The number of pyridine rings is 1. The second kappa shape index (κ2) is 14.7. The van der Waals surface area contributed by atoms with E-state index in [-0.39, 0.29) is 24.0 Å². The molecular formula is C17H32IN5. The fraction of sp³-hybridized carbons (Fsp3) is 0.647. The van der Waals surface area contributed by atoms with Crippen LogP contribution < -0.4 is 10.6 Å². The van der Waals surface area contributed by atoms with E-state index >= 15 is 0 Å². The third-order valence-electron chi connectivity index (χ3n) is 3.56. The molecule has 0 amide bonds. The molecule has 1 aromatic rings. The first-order valence-corrected chi connectivity index (χ1v) is 8.44. The van der Waals surface area contributed by atoms with Crippen LogP contribution in [0.15, 0.2) is 29.4 Å². The number of halogens is 1. The normalized spacial score (nSPS) is 11.2. The van der Waals surface area contributed by atoms with Crippen molar-refractivity contribution in [2.45, 2.75) is 40.2 Å². The fourth-order valence-corrected chi connectivity index (χ4v) is 2.20. The van der Waals surface area contributed by atoms with Gasteiger partial charge in [-0.2, -0.15) is 0 Å². The second-order valence-electron chi connectivity index (χ2n) is 5.18. The van der Waals surface area contributed by atoms with Gasteiger partial charge in [0, 0.05) is 19.3 Å². The van der Waals surface area contributed by atoms with Gasteiger partial charge in [0.2, 0.25) is 0 Å². The molecule has 5 nitrogen and oxygen atoms in total. The van der Waals surface area contributed by atoms with Crippen LogP contribution in [0.1, 0.15) is 39.3 Å². The third-order valence-corrected chi connectivity index (χ3v) is 3.56. The summed E-state index contributed by atoms with van der Waals surface area (Å²) in [6.45, 7) is 12.4. The number of nitrogens with zero attached hydrogens (tertiary/aromatic N) is 3. The summed E-state index contributed by atoms with van der Waals surface area (Å²) in [6, 6.07) is 5.91. The number of aliphatic imine (C=N–C) groups is 1. The predicted octanol–water partition coefficient (Wildman–Crippen LogP) is 2.88. The molecule has 0 fully saturated rings. The van der Waals surface area contributed by atoms with Crippen LogP contribution in [0, 0.1) is 0 Å². The summed E-state index contributed by atoms with van der Waals surface area (Å²) >= 11 is 0. The zero-order valence-corrected chi connectivity index (χ0v) is 17.0. The molecule has 0 bridgehead atoms. The van der Waals surface area contributed by atoms with E-state index in [0.29, 0.717) is 6.54 Å². The van der Waals surface area contributed by atoms with Gasteiger partial charge in [-0.25, -0.2) is 4.99 Å². The molecule has 23 heavy (non-hydrogen) atoms. The molecule has 2 N–H and O–H groups in total. The van der Waals surface area contributed by atoms with Crippen molar-refractivity contribution in [2.24, 2.45) is 4.99 Å². The Kier molecular flexibility index (Phi) is 14.1. The van der Waals surface area contributed by atoms with Crippen LogP contribution in [0.3, 0.4) is 0 Å². The number of rotatable bonds is 10. The second-order valence-corrected chi connectivity index (χ2v) is 5.18. The van der Waals surface area contributed by atoms with E-state index in [0.717, 1.165) is 44.3 Å². The highest BCUT2D eigenvalue weighted by Gasteiger charge is 2.00. The van der Waals surface area contributed by atoms with Gasteiger partial charge in [-0.1, -0.05) is 19.9 Å². The van der Waals surface area contributed by atoms with Crippen LogP contribution in [0.4, 0.5) is 0 Å². The molecule has 0 aliphatic carbocycles. The van der Waals surface area contributed by atoms with E-state index in [1.54, 1.807) is 6.20 Å². The van der Waals surface area contributed by atoms with E-state index in [1.165, 1.54) is 13.0 Å². The molecule has 6 heteroatoms. The molecule has 1 rings (SSSR count). The lowest BCUT2D eigenvalue weighted by Crippen LogP contribution is -2.38. The lowest BCUT2D eigenvalue weighted by Gasteiger charge is -2.18. The Morgan fingerprint density at radius 3 is 2.52 bits per heavy atom. The number of hydrogen-bond donors (Lipinski definition) is 2. The van der Waals surface area contributed by atoms with Crippen molar-refractivity contribution in [3.8, 4) is 0 Å². The maximum atomic E-state index is 4.57. The van der Waals surface area contributed by atoms with Crippen LogP contribution >= 0.6 is 24.0 Å². The smallest absolute Gasteiger partial charge is 0.191 e. The van der Waals surface area contributed by atoms with Gasteiger partial charge < -0.3 is 15.5 Å². The van der Waals surface area contributed by atoms with Crippen molar-refractivity contribution in [1.29, 1.82) is 0 Å². The molecule has 132 valence electrons. The van der Waals surface area contributed by atoms with Gasteiger partial charge in [-0.3, -0.25) is 4.98 Å². The van der Waals surface area contributed by atoms with Crippen molar-refractivity contribution < 1.29 is 0 Å². The van der Waals surface area contributed by atoms with E-state index < -0.39 is 0 Å². The third kappa shape index (κ3) is 10.5. The number of aromatic nitrogens is 1. The Hall–Kier alpha value is -0.890. The number of unbranched alkanes of at least 4 members (excludes halogenated alkanes) is 1. The van der Waals surface area contributed by atoms with Gasteiger partial charge in [0.05, 0.1) is 12.2 Å². The van der Waals surface area contributed by atoms with Gasteiger partial charge in [-0.15, -0.1) is 24.0 Å². The van der Waals surface area contributed by atoms with Gasteiger partial charge in [-0.05, 0) is 51.5 Å². The zero-order valence-electron chi connectivity index (χ0n) is 14.7. The monoisotopic (exact) mass is 433 g/mol. The molecule has 0 aliphatic rings. The minimum atomic E-state index is 0. The number of guanidine groups is 1. The van der Waals surface area contributed by atoms with Crippen molar-refractivity contribution in [2.75, 3.05) is 32.7 Å². The Balaban J connectivity index is 0.00000484. The molecular weight excluding hydrogens is 401 g/mol. The average molecular weight is 433 g/mol. The van der Waals surface area contributed by atoms with Crippen LogP contribution in [0.2, 0.25) is 0 Å². The van der Waals surface area contributed by atoms with Crippen LogP contribution in [0.25, 0.3) is 0 Å². The average Bonchev–Trinajstić information content (AvgIpc) is 2.56. The highest BCUT2D eigenvalue weighted by Crippen LogP contribution is 1.96. The van der Waals surface area contributed by atoms with Gasteiger partial charge in [0.25, 0.3) is 0 Å². The topological polar surface area (TPSA) is 52.6 Å². The molecule has 0 saturated heterocycles. The van der Waals surface area contributed by atoms with E-state index in [9.17, 15) is 0 Å². The zero-order chi connectivity index (χ0) is 16.0. The number of hydrogen-bond acceptors (Lipinski definition) is 3. The Bertz CT molecular complexity index is 407. The van der Waals surface area contributed by atoms with Crippen LogP contribution in [-0.2, 0) is 6.54 Å². The maximum absolute atomic E-state index is 4.57. The standard InChI is InChI=1S/C17H31N5.HI/c1-4-18-17(21-15-16-11-7-8-12-19-16)20-13-9-10-14-22(5-2)6-3;/h7-8,11-12H,4-6,9-10,13-15H2,1-3H3,(H2,18,20,21);1H. The van der Waals surface area contributed by atoms with Crippen LogP contribution in [-0.4, -0.2) is 48.6 Å². The summed E-state index contributed by atoms with van der Waals surface area (Å²) < 4.78 is 0. The SMILES string of the molecule is CCNC(=NCc1ccccn1)NCCCCN(CC)CC.I. The Morgan fingerprint density at radius 1 is 1.13 bits per heavy atom. The lowest BCUT2D eigenvalue weighted by molar-refractivity contribution is 0.297. The summed E-state index contributed by atoms with van der Waals surface area (Å²) in [5.41, 5.74) is 0.987. The maximum Gasteiger partial charge on any atom is 0.191 e. The van der Waals surface area contributed by atoms with E-state index in [2.05, 4.69) is 46.3 Å². The van der Waals surface area contributed by atoms with Crippen molar-refractivity contribution in [1.82, 2.24) is 20.5 Å². The lowest BCUT2D eigenvalue weighted by atomic mass is 10.3. The predicted molar refractivity (Wildman–Crippen MR) is 109 cm³/mol. The Labute approximate surface area is 158 Å². The molecule has 0 radical (unpaired) electrons.